The van der Waals surface area contributed by atoms with Crippen LogP contribution in [0.3, 0.4) is 0 Å². The maximum absolute atomic E-state index is 13.1. The number of furan rings is 1. The molecule has 1 N–H and O–H groups in total. The number of aromatic nitrogens is 4. The third-order valence-corrected chi connectivity index (χ3v) is 6.12. The van der Waals surface area contributed by atoms with E-state index in [4.69, 9.17) is 4.42 Å². The molecule has 160 valence electrons. The number of H-pyrrole nitrogens is 1. The summed E-state index contributed by atoms with van der Waals surface area (Å²) in [5, 5.41) is 6.32. The zero-order valence-electron chi connectivity index (χ0n) is 17.2. The zero-order valence-corrected chi connectivity index (χ0v) is 19.6. The van der Waals surface area contributed by atoms with Crippen LogP contribution in [0.5, 0.6) is 0 Å². The van der Waals surface area contributed by atoms with Gasteiger partial charge in [0.05, 0.1) is 28.2 Å². The van der Waals surface area contributed by atoms with Crippen LogP contribution in [0.1, 0.15) is 31.4 Å². The van der Waals surface area contributed by atoms with Crippen molar-refractivity contribution in [3.63, 3.8) is 0 Å². The molecule has 3 heterocycles. The van der Waals surface area contributed by atoms with Gasteiger partial charge in [-0.3, -0.25) is 4.79 Å². The third-order valence-electron chi connectivity index (χ3n) is 4.82. The lowest BCUT2D eigenvalue weighted by Crippen LogP contribution is -2.23. The highest BCUT2D eigenvalue weighted by Crippen LogP contribution is 2.28. The minimum absolute atomic E-state index is 0.0173. The van der Waals surface area contributed by atoms with Gasteiger partial charge >= 0.3 is 0 Å². The Balaban J connectivity index is 1.45. The summed E-state index contributed by atoms with van der Waals surface area (Å²) in [5.41, 5.74) is 2.30. The summed E-state index contributed by atoms with van der Waals surface area (Å²) in [4.78, 5) is 25.6. The summed E-state index contributed by atoms with van der Waals surface area (Å²) < 4.78 is 8.02. The molecule has 32 heavy (non-hydrogen) atoms. The summed E-state index contributed by atoms with van der Waals surface area (Å²) in [6.45, 7) is 3.96. The average molecular weight is 508 g/mol. The summed E-state index contributed by atoms with van der Waals surface area (Å²) in [6, 6.07) is 17.0. The molecule has 0 amide bonds. The second kappa shape index (κ2) is 8.40. The number of imidazole rings is 1. The number of para-hydroxylation sites is 2. The molecule has 0 aliphatic carbocycles. The number of hydrogen-bond acceptors (Lipinski definition) is 6. The van der Waals surface area contributed by atoms with Crippen molar-refractivity contribution >= 4 is 55.8 Å². The van der Waals surface area contributed by atoms with Crippen LogP contribution in [0.15, 0.2) is 83.6 Å². The Morgan fingerprint density at radius 2 is 1.97 bits per heavy atom. The van der Waals surface area contributed by atoms with Gasteiger partial charge in [0.2, 0.25) is 0 Å². The number of nitrogens with zero attached hydrogens (tertiary/aromatic N) is 4. The van der Waals surface area contributed by atoms with E-state index < -0.39 is 0 Å². The molecular weight excluding hydrogens is 490 g/mol. The summed E-state index contributed by atoms with van der Waals surface area (Å²) >= 11 is 4.81. The van der Waals surface area contributed by atoms with Crippen molar-refractivity contribution in [2.75, 3.05) is 0 Å². The van der Waals surface area contributed by atoms with Crippen molar-refractivity contribution in [3.8, 4) is 0 Å². The zero-order chi connectivity index (χ0) is 22.2. The SMILES string of the molecule is CC(C)c1nc2ccc(Br)cc2c(=O)n1N=Cc1ccc(Sc2nc3ccccc3[nH]2)o1. The molecule has 0 spiro atoms. The minimum atomic E-state index is -0.223. The lowest BCUT2D eigenvalue weighted by molar-refractivity contribution is 0.468. The molecule has 7 nitrogen and oxygen atoms in total. The van der Waals surface area contributed by atoms with Gasteiger partial charge in [-0.2, -0.15) is 9.78 Å². The van der Waals surface area contributed by atoms with E-state index in [0.717, 1.165) is 20.7 Å². The quantitative estimate of drug-likeness (QED) is 0.304. The second-order valence-corrected chi connectivity index (χ2v) is 9.37. The van der Waals surface area contributed by atoms with Crippen LogP contribution in [0.2, 0.25) is 0 Å². The lowest BCUT2D eigenvalue weighted by Gasteiger charge is -2.11. The summed E-state index contributed by atoms with van der Waals surface area (Å²) in [7, 11) is 0. The van der Waals surface area contributed by atoms with Crippen LogP contribution in [-0.2, 0) is 0 Å². The van der Waals surface area contributed by atoms with E-state index in [-0.39, 0.29) is 11.5 Å². The highest BCUT2D eigenvalue weighted by atomic mass is 79.9. The standard InChI is InChI=1S/C23H18BrN5O2S/c1-13(2)21-26-17-9-7-14(24)11-16(17)22(30)29(21)25-12-15-8-10-20(31-15)32-23-27-18-5-3-4-6-19(18)28-23/h3-13H,1-2H3,(H,27,28). The van der Waals surface area contributed by atoms with Gasteiger partial charge in [0, 0.05) is 10.4 Å². The molecule has 0 unspecified atom stereocenters. The van der Waals surface area contributed by atoms with Crippen LogP contribution in [0, 0.1) is 0 Å². The molecule has 0 bridgehead atoms. The van der Waals surface area contributed by atoms with E-state index in [1.807, 2.05) is 56.3 Å². The van der Waals surface area contributed by atoms with Gasteiger partial charge in [0.1, 0.15) is 11.6 Å². The molecule has 5 aromatic rings. The Kier molecular flexibility index (Phi) is 5.44. The fourth-order valence-electron chi connectivity index (χ4n) is 3.30. The van der Waals surface area contributed by atoms with Crippen molar-refractivity contribution in [3.05, 3.63) is 81.0 Å². The smallest absolute Gasteiger partial charge is 0.282 e. The minimum Gasteiger partial charge on any atom is -0.448 e. The van der Waals surface area contributed by atoms with Crippen molar-refractivity contribution < 1.29 is 4.42 Å². The van der Waals surface area contributed by atoms with Crippen LogP contribution in [0.4, 0.5) is 0 Å². The van der Waals surface area contributed by atoms with Gasteiger partial charge in [0.15, 0.2) is 10.2 Å². The first-order valence-corrected chi connectivity index (χ1v) is 11.6. The number of benzene rings is 2. The molecule has 0 radical (unpaired) electrons. The van der Waals surface area contributed by atoms with E-state index in [0.29, 0.717) is 27.6 Å². The number of nitrogens with one attached hydrogen (secondary N) is 1. The molecule has 2 aromatic carbocycles. The molecule has 0 fully saturated rings. The summed E-state index contributed by atoms with van der Waals surface area (Å²) in [5.74, 6) is 1.13. The van der Waals surface area contributed by atoms with E-state index in [9.17, 15) is 4.79 Å². The van der Waals surface area contributed by atoms with Gasteiger partial charge in [-0.05, 0) is 54.2 Å². The molecule has 0 saturated carbocycles. The van der Waals surface area contributed by atoms with Crippen molar-refractivity contribution in [1.82, 2.24) is 19.6 Å². The highest BCUT2D eigenvalue weighted by molar-refractivity contribution is 9.10. The Morgan fingerprint density at radius 3 is 2.78 bits per heavy atom. The maximum Gasteiger partial charge on any atom is 0.282 e. The van der Waals surface area contributed by atoms with Crippen molar-refractivity contribution in [1.29, 1.82) is 0 Å². The molecule has 0 aliphatic heterocycles. The first kappa shape index (κ1) is 20.7. The molecular formula is C23H18BrN5O2S. The van der Waals surface area contributed by atoms with E-state index >= 15 is 0 Å². The highest BCUT2D eigenvalue weighted by Gasteiger charge is 2.14. The monoisotopic (exact) mass is 507 g/mol. The van der Waals surface area contributed by atoms with Crippen molar-refractivity contribution in [2.24, 2.45) is 5.10 Å². The Bertz CT molecular complexity index is 1500. The third kappa shape index (κ3) is 4.01. The van der Waals surface area contributed by atoms with E-state index in [1.54, 1.807) is 12.1 Å². The Labute approximate surface area is 195 Å². The molecule has 0 saturated heterocycles. The van der Waals surface area contributed by atoms with Gasteiger partial charge in [0.25, 0.3) is 5.56 Å². The first-order chi connectivity index (χ1) is 15.5. The number of hydrogen-bond donors (Lipinski definition) is 1. The topological polar surface area (TPSA) is 89.1 Å². The van der Waals surface area contributed by atoms with Crippen LogP contribution < -0.4 is 5.56 Å². The predicted octanol–water partition coefficient (Wildman–Crippen LogP) is 5.79. The van der Waals surface area contributed by atoms with Crippen LogP contribution in [-0.4, -0.2) is 25.8 Å². The molecule has 9 heteroatoms. The normalized spacial score (nSPS) is 12.0. The molecule has 3 aromatic heterocycles. The summed E-state index contributed by atoms with van der Waals surface area (Å²) in [6.07, 6.45) is 1.53. The lowest BCUT2D eigenvalue weighted by atomic mass is 10.2. The van der Waals surface area contributed by atoms with Crippen LogP contribution in [0.25, 0.3) is 21.9 Å². The van der Waals surface area contributed by atoms with Gasteiger partial charge in [-0.25, -0.2) is 9.97 Å². The van der Waals surface area contributed by atoms with Crippen molar-refractivity contribution in [2.45, 2.75) is 30.0 Å². The van der Waals surface area contributed by atoms with Crippen LogP contribution >= 0.6 is 27.7 Å². The fourth-order valence-corrected chi connectivity index (χ4v) is 4.43. The molecule has 5 rings (SSSR count). The molecule has 0 aliphatic rings. The number of halogens is 1. The number of rotatable bonds is 5. The Hall–Kier alpha value is -3.17. The largest absolute Gasteiger partial charge is 0.448 e. The maximum atomic E-state index is 13.1. The molecule has 0 atom stereocenters. The number of aromatic amines is 1. The van der Waals surface area contributed by atoms with Gasteiger partial charge in [-0.15, -0.1) is 0 Å². The first-order valence-electron chi connectivity index (χ1n) is 9.97. The van der Waals surface area contributed by atoms with Gasteiger partial charge in [-0.1, -0.05) is 41.9 Å². The predicted molar refractivity (Wildman–Crippen MR) is 130 cm³/mol. The fraction of sp³-hybridized carbons (Fsp3) is 0.130. The van der Waals surface area contributed by atoms with E-state index in [2.05, 4.69) is 36.0 Å². The second-order valence-electron chi connectivity index (χ2n) is 7.47. The number of fused-ring (bicyclic) bond motifs is 2. The average Bonchev–Trinajstić information content (AvgIpc) is 3.39. The Morgan fingerprint density at radius 1 is 1.12 bits per heavy atom. The van der Waals surface area contributed by atoms with Gasteiger partial charge < -0.3 is 9.40 Å². The van der Waals surface area contributed by atoms with E-state index in [1.165, 1.54) is 22.7 Å².